The minimum Gasteiger partial charge on any atom is -0.353 e. The third-order valence-electron chi connectivity index (χ3n) is 4.50. The van der Waals surface area contributed by atoms with Crippen molar-refractivity contribution in [3.63, 3.8) is 0 Å². The van der Waals surface area contributed by atoms with Crippen LogP contribution >= 0.6 is 0 Å². The van der Waals surface area contributed by atoms with Gasteiger partial charge in [0.25, 0.3) is 5.82 Å². The fraction of sp³-hybridized carbons (Fsp3) is 0.267. The Morgan fingerprint density at radius 1 is 1.00 bits per heavy atom. The highest BCUT2D eigenvalue weighted by Gasteiger charge is 2.58. The molecule has 0 N–H and O–H groups in total. The van der Waals surface area contributed by atoms with E-state index in [-0.39, 0.29) is 7.12 Å². The fourth-order valence-electron chi connectivity index (χ4n) is 3.59. The van der Waals surface area contributed by atoms with Gasteiger partial charge < -0.3 is 9.62 Å². The minimum absolute atomic E-state index is 0.231. The molecule has 0 saturated carbocycles. The highest BCUT2D eigenvalue weighted by Crippen LogP contribution is 2.49. The van der Waals surface area contributed by atoms with Crippen molar-refractivity contribution in [3.05, 3.63) is 42.1 Å². The third-order valence-corrected chi connectivity index (χ3v) is 4.50. The third kappa shape index (κ3) is 1.20. The van der Waals surface area contributed by atoms with Crippen molar-refractivity contribution in [3.8, 4) is 0 Å². The summed E-state index contributed by atoms with van der Waals surface area (Å²) in [6.07, 6.45) is 2.12. The molecule has 4 nitrogen and oxygen atoms in total. The van der Waals surface area contributed by atoms with E-state index in [1.54, 1.807) is 0 Å². The zero-order valence-electron chi connectivity index (χ0n) is 12.3. The van der Waals surface area contributed by atoms with Gasteiger partial charge in [0.1, 0.15) is 11.4 Å². The SMILES string of the molecule is Cc1cccc2c1N1B(N2C)N(C)c2ccc[n+](C)c21. The Morgan fingerprint density at radius 2 is 1.70 bits per heavy atom. The van der Waals surface area contributed by atoms with Gasteiger partial charge in [-0.15, -0.1) is 0 Å². The van der Waals surface area contributed by atoms with Crippen LogP contribution in [-0.4, -0.2) is 21.2 Å². The topological polar surface area (TPSA) is 13.6 Å². The van der Waals surface area contributed by atoms with Gasteiger partial charge in [0.15, 0.2) is 0 Å². The number of rotatable bonds is 0. The van der Waals surface area contributed by atoms with E-state index in [9.17, 15) is 0 Å². The average Bonchev–Trinajstić information content (AvgIpc) is 2.88. The summed E-state index contributed by atoms with van der Waals surface area (Å²) in [6, 6.07) is 10.8. The van der Waals surface area contributed by atoms with E-state index in [4.69, 9.17) is 0 Å². The van der Waals surface area contributed by atoms with Gasteiger partial charge in [0.05, 0.1) is 18.9 Å². The van der Waals surface area contributed by atoms with Crippen LogP contribution in [0.4, 0.5) is 22.9 Å². The second-order valence-electron chi connectivity index (χ2n) is 5.71. The van der Waals surface area contributed by atoms with Gasteiger partial charge in [-0.2, -0.15) is 0 Å². The Bertz CT molecular complexity index is 656. The lowest BCUT2D eigenvalue weighted by Gasteiger charge is -2.19. The van der Waals surface area contributed by atoms with Crippen LogP contribution in [0.25, 0.3) is 0 Å². The molecule has 20 heavy (non-hydrogen) atoms. The summed E-state index contributed by atoms with van der Waals surface area (Å²) in [5.74, 6) is 1.26. The van der Waals surface area contributed by atoms with E-state index in [1.165, 1.54) is 28.4 Å². The van der Waals surface area contributed by atoms with Crippen LogP contribution < -0.4 is 19.0 Å². The number of nitrogens with zero attached hydrogens (tertiary/aromatic N) is 4. The predicted octanol–water partition coefficient (Wildman–Crippen LogP) is 1.84. The molecule has 2 aliphatic rings. The van der Waals surface area contributed by atoms with Gasteiger partial charge in [-0.3, -0.25) is 0 Å². The van der Waals surface area contributed by atoms with Crippen LogP contribution in [0.5, 0.6) is 0 Å². The number of anilines is 4. The van der Waals surface area contributed by atoms with Crippen molar-refractivity contribution < 1.29 is 4.57 Å². The molecule has 0 amide bonds. The fourth-order valence-corrected chi connectivity index (χ4v) is 3.59. The molecule has 4 rings (SSSR count). The summed E-state index contributed by atoms with van der Waals surface area (Å²) in [6.45, 7) is 2.19. The lowest BCUT2D eigenvalue weighted by molar-refractivity contribution is -0.657. The molecule has 0 aliphatic carbocycles. The van der Waals surface area contributed by atoms with Crippen LogP contribution in [0.2, 0.25) is 0 Å². The second kappa shape index (κ2) is 3.69. The maximum absolute atomic E-state index is 2.44. The second-order valence-corrected chi connectivity index (χ2v) is 5.71. The zero-order chi connectivity index (χ0) is 14.0. The number of aromatic nitrogens is 1. The summed E-state index contributed by atoms with van der Waals surface area (Å²) >= 11 is 0. The van der Waals surface area contributed by atoms with Crippen molar-refractivity contribution in [2.45, 2.75) is 6.92 Å². The van der Waals surface area contributed by atoms with Crippen molar-refractivity contribution in [1.29, 1.82) is 0 Å². The molecular weight excluding hydrogens is 247 g/mol. The molecule has 0 unspecified atom stereocenters. The van der Waals surface area contributed by atoms with Crippen LogP contribution in [-0.2, 0) is 7.05 Å². The highest BCUT2D eigenvalue weighted by atomic mass is 15.5. The molecule has 0 saturated heterocycles. The molecule has 5 heteroatoms. The number of aryl methyl sites for hydroxylation is 2. The summed E-state index contributed by atoms with van der Waals surface area (Å²) in [4.78, 5) is 7.14. The van der Waals surface area contributed by atoms with E-state index in [1.807, 2.05) is 0 Å². The summed E-state index contributed by atoms with van der Waals surface area (Å²) < 4.78 is 2.21. The first kappa shape index (κ1) is 11.6. The molecule has 2 aromatic rings. The first-order valence-corrected chi connectivity index (χ1v) is 6.94. The minimum atomic E-state index is 0.231. The van der Waals surface area contributed by atoms with Gasteiger partial charge in [-0.1, -0.05) is 12.1 Å². The molecule has 0 bridgehead atoms. The zero-order valence-corrected chi connectivity index (χ0v) is 12.3. The number of para-hydroxylation sites is 1. The number of fused-ring (bicyclic) bond motifs is 5. The molecular formula is C15H18BN4+. The van der Waals surface area contributed by atoms with E-state index < -0.39 is 0 Å². The average molecular weight is 265 g/mol. The smallest absolute Gasteiger partial charge is 0.353 e. The molecule has 0 atom stereocenters. The monoisotopic (exact) mass is 265 g/mol. The standard InChI is InChI=1S/C15H18BN4/c1-11-7-5-8-12-14(11)20-15-13(9-6-10-17(15)2)19(4)16(20)18(12)3/h5-10H,1-4H3/q+1. The van der Waals surface area contributed by atoms with Crippen LogP contribution in [0, 0.1) is 6.92 Å². The van der Waals surface area contributed by atoms with Crippen molar-refractivity contribution in [2.24, 2.45) is 7.05 Å². The van der Waals surface area contributed by atoms with Gasteiger partial charge in [0.2, 0.25) is 0 Å². The Morgan fingerprint density at radius 3 is 2.50 bits per heavy atom. The van der Waals surface area contributed by atoms with E-state index in [2.05, 4.69) is 83.6 Å². The van der Waals surface area contributed by atoms with Crippen LogP contribution in [0.1, 0.15) is 5.56 Å². The maximum atomic E-state index is 2.44. The number of hydrogen-bond acceptors (Lipinski definition) is 3. The number of hydrogen-bond donors (Lipinski definition) is 0. The maximum Gasteiger partial charge on any atom is 0.634 e. The number of benzene rings is 1. The Kier molecular flexibility index (Phi) is 2.15. The Hall–Kier alpha value is -2.17. The van der Waals surface area contributed by atoms with E-state index in [0.717, 1.165) is 0 Å². The largest absolute Gasteiger partial charge is 0.634 e. The summed E-state index contributed by atoms with van der Waals surface area (Å²) in [7, 11) is 6.69. The first-order chi connectivity index (χ1) is 9.61. The van der Waals surface area contributed by atoms with Crippen molar-refractivity contribution in [2.75, 3.05) is 28.5 Å². The molecule has 1 aromatic heterocycles. The Labute approximate surface area is 120 Å². The molecule has 2 aliphatic heterocycles. The van der Waals surface area contributed by atoms with Crippen molar-refractivity contribution >= 4 is 30.0 Å². The number of pyridine rings is 1. The van der Waals surface area contributed by atoms with Gasteiger partial charge in [-0.05, 0) is 44.8 Å². The quantitative estimate of drug-likeness (QED) is 0.533. The summed E-state index contributed by atoms with van der Waals surface area (Å²) in [5, 5.41) is 0. The normalized spacial score (nSPS) is 15.6. The van der Waals surface area contributed by atoms with Crippen LogP contribution in [0.3, 0.4) is 0 Å². The summed E-state index contributed by atoms with van der Waals surface area (Å²) in [5.41, 5.74) is 5.23. The molecule has 0 spiro atoms. The molecule has 3 heterocycles. The van der Waals surface area contributed by atoms with Gasteiger partial charge in [0, 0.05) is 0 Å². The predicted molar refractivity (Wildman–Crippen MR) is 83.5 cm³/mol. The van der Waals surface area contributed by atoms with Crippen molar-refractivity contribution in [1.82, 2.24) is 0 Å². The molecule has 0 radical (unpaired) electrons. The lowest BCUT2D eigenvalue weighted by Crippen LogP contribution is -2.53. The molecule has 1 aromatic carbocycles. The van der Waals surface area contributed by atoms with Gasteiger partial charge >= 0.3 is 7.12 Å². The molecule has 100 valence electrons. The van der Waals surface area contributed by atoms with E-state index >= 15 is 0 Å². The van der Waals surface area contributed by atoms with Crippen LogP contribution in [0.15, 0.2) is 36.5 Å². The molecule has 0 fully saturated rings. The highest BCUT2D eigenvalue weighted by molar-refractivity contribution is 6.77. The van der Waals surface area contributed by atoms with Gasteiger partial charge in [-0.25, -0.2) is 9.38 Å². The Balaban J connectivity index is 2.04. The first-order valence-electron chi connectivity index (χ1n) is 6.94. The van der Waals surface area contributed by atoms with E-state index in [0.29, 0.717) is 0 Å². The lowest BCUT2D eigenvalue weighted by atomic mass is 9.90.